The number of hydrogen-bond acceptors (Lipinski definition) is 4. The molecule has 1 aromatic heterocycles. The number of rotatable bonds is 5. The molecule has 1 saturated heterocycles. The Kier molecular flexibility index (Phi) is 4.99. The second kappa shape index (κ2) is 7.34. The number of ether oxygens (including phenoxy) is 2. The van der Waals surface area contributed by atoms with Crippen LogP contribution in [-0.4, -0.2) is 41.6 Å². The van der Waals surface area contributed by atoms with Gasteiger partial charge in [-0.15, -0.1) is 0 Å². The van der Waals surface area contributed by atoms with E-state index in [0.717, 1.165) is 17.7 Å². The van der Waals surface area contributed by atoms with Gasteiger partial charge in [0.05, 0.1) is 6.54 Å². The standard InChI is InChI=1S/C19H22N2O3/c1-14-6-8-16(9-7-14)23-13-19(22)21-11-10-17(12-21)24-18-5-3-4-15(2)20-18/h3-9,17H,10-13H2,1-2H3. The molecule has 1 fully saturated rings. The Hall–Kier alpha value is -2.56. The molecule has 3 rings (SSSR count). The zero-order valence-electron chi connectivity index (χ0n) is 14.1. The van der Waals surface area contributed by atoms with Gasteiger partial charge in [0.15, 0.2) is 6.61 Å². The molecule has 1 aliphatic heterocycles. The van der Waals surface area contributed by atoms with Gasteiger partial charge in [-0.05, 0) is 32.0 Å². The number of hydrogen-bond donors (Lipinski definition) is 0. The van der Waals surface area contributed by atoms with Gasteiger partial charge in [-0.1, -0.05) is 23.8 Å². The van der Waals surface area contributed by atoms with Gasteiger partial charge in [0, 0.05) is 24.7 Å². The van der Waals surface area contributed by atoms with E-state index in [0.29, 0.717) is 24.7 Å². The Morgan fingerprint density at radius 2 is 2.00 bits per heavy atom. The molecule has 0 radical (unpaired) electrons. The fraction of sp³-hybridized carbons (Fsp3) is 0.368. The van der Waals surface area contributed by atoms with Gasteiger partial charge in [-0.25, -0.2) is 4.98 Å². The lowest BCUT2D eigenvalue weighted by Gasteiger charge is -2.17. The van der Waals surface area contributed by atoms with Crippen LogP contribution in [0.15, 0.2) is 42.5 Å². The second-order valence-electron chi connectivity index (χ2n) is 6.09. The van der Waals surface area contributed by atoms with Crippen LogP contribution in [0.25, 0.3) is 0 Å². The number of nitrogens with zero attached hydrogens (tertiary/aromatic N) is 2. The molecular weight excluding hydrogens is 304 g/mol. The molecule has 0 bridgehead atoms. The Bertz CT molecular complexity index is 700. The number of likely N-dealkylation sites (tertiary alicyclic amines) is 1. The fourth-order valence-electron chi connectivity index (χ4n) is 2.68. The van der Waals surface area contributed by atoms with Crippen molar-refractivity contribution in [1.29, 1.82) is 0 Å². The molecule has 1 aliphatic rings. The van der Waals surface area contributed by atoms with Crippen LogP contribution < -0.4 is 9.47 Å². The highest BCUT2D eigenvalue weighted by molar-refractivity contribution is 5.78. The van der Waals surface area contributed by atoms with Crippen molar-refractivity contribution < 1.29 is 14.3 Å². The molecule has 0 spiro atoms. The molecule has 24 heavy (non-hydrogen) atoms. The average Bonchev–Trinajstić information content (AvgIpc) is 3.03. The molecule has 1 aromatic carbocycles. The van der Waals surface area contributed by atoms with Crippen LogP contribution in [0, 0.1) is 13.8 Å². The Balaban J connectivity index is 1.48. The summed E-state index contributed by atoms with van der Waals surface area (Å²) in [7, 11) is 0. The first-order valence-corrected chi connectivity index (χ1v) is 8.18. The lowest BCUT2D eigenvalue weighted by Crippen LogP contribution is -2.34. The molecule has 0 aliphatic carbocycles. The monoisotopic (exact) mass is 326 g/mol. The first-order valence-electron chi connectivity index (χ1n) is 8.18. The smallest absolute Gasteiger partial charge is 0.260 e. The Morgan fingerprint density at radius 3 is 2.75 bits per heavy atom. The zero-order valence-corrected chi connectivity index (χ0v) is 14.1. The van der Waals surface area contributed by atoms with E-state index in [1.165, 1.54) is 0 Å². The second-order valence-corrected chi connectivity index (χ2v) is 6.09. The quantitative estimate of drug-likeness (QED) is 0.848. The van der Waals surface area contributed by atoms with E-state index in [4.69, 9.17) is 9.47 Å². The van der Waals surface area contributed by atoms with Crippen molar-refractivity contribution in [2.24, 2.45) is 0 Å². The van der Waals surface area contributed by atoms with Crippen LogP contribution in [-0.2, 0) is 4.79 Å². The normalized spacial score (nSPS) is 16.9. The molecule has 5 nitrogen and oxygen atoms in total. The van der Waals surface area contributed by atoms with Crippen molar-refractivity contribution in [3.8, 4) is 11.6 Å². The summed E-state index contributed by atoms with van der Waals surface area (Å²) in [6.07, 6.45) is 0.800. The highest BCUT2D eigenvalue weighted by atomic mass is 16.5. The van der Waals surface area contributed by atoms with Crippen LogP contribution in [0.4, 0.5) is 0 Å². The summed E-state index contributed by atoms with van der Waals surface area (Å²) in [5.41, 5.74) is 2.09. The van der Waals surface area contributed by atoms with E-state index >= 15 is 0 Å². The van der Waals surface area contributed by atoms with Crippen molar-refractivity contribution in [2.75, 3.05) is 19.7 Å². The molecule has 5 heteroatoms. The largest absolute Gasteiger partial charge is 0.484 e. The SMILES string of the molecule is Cc1ccc(OCC(=O)N2CCC(Oc3cccc(C)n3)C2)cc1. The lowest BCUT2D eigenvalue weighted by molar-refractivity contribution is -0.132. The number of aryl methyl sites for hydroxylation is 2. The van der Waals surface area contributed by atoms with Gasteiger partial charge in [0.1, 0.15) is 11.9 Å². The summed E-state index contributed by atoms with van der Waals surface area (Å²) in [5, 5.41) is 0. The van der Waals surface area contributed by atoms with Gasteiger partial charge >= 0.3 is 0 Å². The third-order valence-corrected chi connectivity index (χ3v) is 4.03. The van der Waals surface area contributed by atoms with Crippen molar-refractivity contribution >= 4 is 5.91 Å². The number of aromatic nitrogens is 1. The zero-order chi connectivity index (χ0) is 16.9. The minimum Gasteiger partial charge on any atom is -0.484 e. The van der Waals surface area contributed by atoms with Gasteiger partial charge < -0.3 is 14.4 Å². The van der Waals surface area contributed by atoms with Crippen LogP contribution in [0.2, 0.25) is 0 Å². The number of pyridine rings is 1. The molecule has 1 atom stereocenters. The van der Waals surface area contributed by atoms with Crippen LogP contribution in [0.3, 0.4) is 0 Å². The highest BCUT2D eigenvalue weighted by Gasteiger charge is 2.28. The van der Waals surface area contributed by atoms with Gasteiger partial charge in [-0.2, -0.15) is 0 Å². The average molecular weight is 326 g/mol. The minimum absolute atomic E-state index is 0.0115. The number of carbonyl (C=O) groups is 1. The first-order chi connectivity index (χ1) is 11.6. The topological polar surface area (TPSA) is 51.7 Å². The number of amides is 1. The number of benzene rings is 1. The van der Waals surface area contributed by atoms with Crippen LogP contribution in [0.5, 0.6) is 11.6 Å². The summed E-state index contributed by atoms with van der Waals surface area (Å²) in [6, 6.07) is 13.4. The molecule has 1 unspecified atom stereocenters. The van der Waals surface area contributed by atoms with Gasteiger partial charge in [-0.3, -0.25) is 4.79 Å². The van der Waals surface area contributed by atoms with Crippen molar-refractivity contribution in [3.05, 3.63) is 53.7 Å². The van der Waals surface area contributed by atoms with Gasteiger partial charge in [0.2, 0.25) is 5.88 Å². The van der Waals surface area contributed by atoms with E-state index in [1.807, 2.05) is 56.3 Å². The molecule has 2 aromatic rings. The molecule has 0 N–H and O–H groups in total. The van der Waals surface area contributed by atoms with E-state index in [2.05, 4.69) is 4.98 Å². The van der Waals surface area contributed by atoms with Crippen molar-refractivity contribution in [2.45, 2.75) is 26.4 Å². The maximum absolute atomic E-state index is 12.3. The van der Waals surface area contributed by atoms with Gasteiger partial charge in [0.25, 0.3) is 5.91 Å². The van der Waals surface area contributed by atoms with Crippen molar-refractivity contribution in [3.63, 3.8) is 0 Å². The minimum atomic E-state index is -0.0149. The van der Waals surface area contributed by atoms with E-state index in [-0.39, 0.29) is 18.6 Å². The summed E-state index contributed by atoms with van der Waals surface area (Å²) in [5.74, 6) is 1.31. The molecule has 2 heterocycles. The molecule has 0 saturated carbocycles. The van der Waals surface area contributed by atoms with Crippen LogP contribution >= 0.6 is 0 Å². The first kappa shape index (κ1) is 16.3. The lowest BCUT2D eigenvalue weighted by atomic mass is 10.2. The molecule has 126 valence electrons. The maximum atomic E-state index is 12.3. The van der Waals surface area contributed by atoms with Crippen LogP contribution in [0.1, 0.15) is 17.7 Å². The maximum Gasteiger partial charge on any atom is 0.260 e. The number of carbonyl (C=O) groups excluding carboxylic acids is 1. The van der Waals surface area contributed by atoms with Crippen molar-refractivity contribution in [1.82, 2.24) is 9.88 Å². The summed E-state index contributed by atoms with van der Waals surface area (Å²) in [4.78, 5) is 18.4. The molecular formula is C19H22N2O3. The predicted molar refractivity (Wildman–Crippen MR) is 91.3 cm³/mol. The predicted octanol–water partition coefficient (Wildman–Crippen LogP) is 2.76. The highest BCUT2D eigenvalue weighted by Crippen LogP contribution is 2.17. The molecule has 1 amide bonds. The van der Waals surface area contributed by atoms with E-state index in [9.17, 15) is 4.79 Å². The summed E-state index contributed by atoms with van der Waals surface area (Å²) in [6.45, 7) is 5.26. The Morgan fingerprint density at radius 1 is 1.21 bits per heavy atom. The third kappa shape index (κ3) is 4.25. The van der Waals surface area contributed by atoms with E-state index < -0.39 is 0 Å². The van der Waals surface area contributed by atoms with E-state index in [1.54, 1.807) is 4.90 Å². The summed E-state index contributed by atoms with van der Waals surface area (Å²) >= 11 is 0. The fourth-order valence-corrected chi connectivity index (χ4v) is 2.68. The third-order valence-electron chi connectivity index (χ3n) is 4.03. The summed E-state index contributed by atoms with van der Waals surface area (Å²) < 4.78 is 11.4. The Labute approximate surface area is 142 Å².